The molecular weight excluding hydrogens is 525 g/mol. The maximum Gasteiger partial charge on any atom is 0.338 e. The highest BCUT2D eigenvalue weighted by molar-refractivity contribution is 7.07. The Morgan fingerprint density at radius 3 is 2.64 bits per heavy atom. The molecule has 0 fully saturated rings. The molecule has 9 nitrogen and oxygen atoms in total. The third-order valence-electron chi connectivity index (χ3n) is 6.29. The van der Waals surface area contributed by atoms with E-state index >= 15 is 0 Å². The van der Waals surface area contributed by atoms with Crippen LogP contribution >= 0.6 is 11.3 Å². The number of carbonyl (C=O) groups is 1. The highest BCUT2D eigenvalue weighted by atomic mass is 32.1. The van der Waals surface area contributed by atoms with Crippen molar-refractivity contribution in [1.82, 2.24) is 4.57 Å². The molecule has 1 aliphatic heterocycles. The number of ether oxygens (including phenoxy) is 1. The third-order valence-corrected chi connectivity index (χ3v) is 7.28. The van der Waals surface area contributed by atoms with E-state index in [0.717, 1.165) is 11.3 Å². The monoisotopic (exact) mass is 547 g/mol. The van der Waals surface area contributed by atoms with Crippen molar-refractivity contribution in [1.29, 1.82) is 0 Å². The lowest BCUT2D eigenvalue weighted by Gasteiger charge is -2.24. The van der Waals surface area contributed by atoms with E-state index in [-0.39, 0.29) is 17.9 Å². The van der Waals surface area contributed by atoms with Crippen LogP contribution in [0.25, 0.3) is 17.4 Å². The number of carbonyl (C=O) groups excluding carboxylic acids is 1. The molecule has 0 unspecified atom stereocenters. The molecule has 0 spiro atoms. The van der Waals surface area contributed by atoms with Crippen molar-refractivity contribution in [2.45, 2.75) is 26.8 Å². The Balaban J connectivity index is 1.61. The summed E-state index contributed by atoms with van der Waals surface area (Å²) in [5.41, 5.74) is 1.76. The second-order valence-electron chi connectivity index (χ2n) is 8.81. The van der Waals surface area contributed by atoms with Gasteiger partial charge in [-0.15, -0.1) is 0 Å². The van der Waals surface area contributed by atoms with E-state index in [0.29, 0.717) is 43.2 Å². The van der Waals surface area contributed by atoms with Gasteiger partial charge in [-0.05, 0) is 50.6 Å². The van der Waals surface area contributed by atoms with Crippen LogP contribution in [0.1, 0.15) is 36.8 Å². The van der Waals surface area contributed by atoms with Crippen LogP contribution in [0.5, 0.6) is 0 Å². The first-order valence-corrected chi connectivity index (χ1v) is 12.8. The van der Waals surface area contributed by atoms with E-state index in [1.165, 1.54) is 34.9 Å². The van der Waals surface area contributed by atoms with Crippen LogP contribution in [0.2, 0.25) is 0 Å². The normalized spacial score (nSPS) is 15.2. The van der Waals surface area contributed by atoms with Crippen molar-refractivity contribution in [3.05, 3.63) is 118 Å². The summed E-state index contributed by atoms with van der Waals surface area (Å²) in [7, 11) is 0. The van der Waals surface area contributed by atoms with Gasteiger partial charge < -0.3 is 9.15 Å². The number of allylic oxidation sites excluding steroid dienone is 1. The molecule has 0 radical (unpaired) electrons. The average Bonchev–Trinajstić information content (AvgIpc) is 3.48. The average molecular weight is 548 g/mol. The van der Waals surface area contributed by atoms with Gasteiger partial charge in [0.15, 0.2) is 4.80 Å². The van der Waals surface area contributed by atoms with E-state index in [1.807, 2.05) is 0 Å². The second-order valence-corrected chi connectivity index (χ2v) is 9.82. The molecule has 0 amide bonds. The minimum atomic E-state index is -0.858. The molecule has 198 valence electrons. The molecular formula is C28H22FN3O6S. The van der Waals surface area contributed by atoms with E-state index in [9.17, 15) is 24.1 Å². The van der Waals surface area contributed by atoms with Crippen LogP contribution in [-0.2, 0) is 9.53 Å². The van der Waals surface area contributed by atoms with E-state index in [4.69, 9.17) is 9.15 Å². The molecule has 1 aliphatic rings. The van der Waals surface area contributed by atoms with Gasteiger partial charge in [-0.3, -0.25) is 19.5 Å². The zero-order chi connectivity index (χ0) is 27.8. The van der Waals surface area contributed by atoms with Gasteiger partial charge in [0.1, 0.15) is 17.3 Å². The van der Waals surface area contributed by atoms with Gasteiger partial charge in [0.25, 0.3) is 11.2 Å². The van der Waals surface area contributed by atoms with Crippen LogP contribution in [0, 0.1) is 22.9 Å². The summed E-state index contributed by atoms with van der Waals surface area (Å²) in [5.74, 6) is -0.290. The summed E-state index contributed by atoms with van der Waals surface area (Å²) < 4.78 is 26.5. The molecule has 1 atom stereocenters. The number of benzene rings is 2. The lowest BCUT2D eigenvalue weighted by Crippen LogP contribution is -2.39. The first-order valence-electron chi connectivity index (χ1n) is 12.0. The Labute approximate surface area is 225 Å². The Hall–Kier alpha value is -4.64. The Morgan fingerprint density at radius 2 is 1.95 bits per heavy atom. The number of aryl methyl sites for hydroxylation is 1. The molecule has 2 aromatic carbocycles. The predicted octanol–water partition coefficient (Wildman–Crippen LogP) is 4.41. The van der Waals surface area contributed by atoms with Crippen molar-refractivity contribution in [3.63, 3.8) is 0 Å². The largest absolute Gasteiger partial charge is 0.463 e. The number of hydrogen-bond donors (Lipinski definition) is 0. The number of hydrogen-bond acceptors (Lipinski definition) is 8. The first-order chi connectivity index (χ1) is 18.7. The molecule has 0 N–H and O–H groups in total. The van der Waals surface area contributed by atoms with Gasteiger partial charge in [-0.25, -0.2) is 14.2 Å². The topological polar surface area (TPSA) is 117 Å². The molecule has 0 saturated heterocycles. The third kappa shape index (κ3) is 4.84. The minimum Gasteiger partial charge on any atom is -0.463 e. The van der Waals surface area contributed by atoms with Crippen LogP contribution in [0.4, 0.5) is 10.1 Å². The maximum atomic E-state index is 13.7. The summed E-state index contributed by atoms with van der Waals surface area (Å²) in [5, 5.41) is 11.3. The summed E-state index contributed by atoms with van der Waals surface area (Å²) in [4.78, 5) is 42.3. The van der Waals surface area contributed by atoms with Gasteiger partial charge in [-0.1, -0.05) is 35.6 Å². The van der Waals surface area contributed by atoms with Crippen LogP contribution in [0.3, 0.4) is 0 Å². The van der Waals surface area contributed by atoms with Crippen LogP contribution < -0.4 is 14.9 Å². The first kappa shape index (κ1) is 26.0. The zero-order valence-electron chi connectivity index (χ0n) is 21.1. The quantitative estimate of drug-likeness (QED) is 0.201. The maximum absolute atomic E-state index is 13.7. The Kier molecular flexibility index (Phi) is 6.83. The minimum absolute atomic E-state index is 0.0210. The van der Waals surface area contributed by atoms with Crippen molar-refractivity contribution in [2.24, 2.45) is 4.99 Å². The van der Waals surface area contributed by atoms with E-state index in [2.05, 4.69) is 4.99 Å². The summed E-state index contributed by atoms with van der Waals surface area (Å²) in [6.45, 7) is 5.15. The molecule has 11 heteroatoms. The number of nitrogens with zero attached hydrogens (tertiary/aromatic N) is 3. The summed E-state index contributed by atoms with van der Waals surface area (Å²) >= 11 is 1.12. The number of rotatable bonds is 6. The van der Waals surface area contributed by atoms with Crippen LogP contribution in [0.15, 0.2) is 80.1 Å². The number of fused-ring (bicyclic) bond motifs is 1. The number of aromatic nitrogens is 1. The lowest BCUT2D eigenvalue weighted by atomic mass is 9.96. The van der Waals surface area contributed by atoms with Crippen LogP contribution in [-0.4, -0.2) is 22.1 Å². The standard InChI is InChI=1S/C28H22FN3O6S/c1-4-37-27(34)24-16(3)30-28-31(25(24)17-7-9-19(29)10-8-17)26(33)23(39-28)14-20-11-12-22(38-20)18-6-5-15(2)21(13-18)32(35)36/h5-14,25H,4H2,1-3H3/b23-14+/t25-/m0/s1. The fourth-order valence-corrected chi connectivity index (χ4v) is 5.45. The van der Waals surface area contributed by atoms with Gasteiger partial charge in [0.05, 0.1) is 33.4 Å². The number of halogens is 1. The molecule has 4 aromatic rings. The number of nitro benzene ring substituents is 1. The van der Waals surface area contributed by atoms with Gasteiger partial charge >= 0.3 is 5.97 Å². The van der Waals surface area contributed by atoms with Crippen molar-refractivity contribution < 1.29 is 23.3 Å². The van der Waals surface area contributed by atoms with Gasteiger partial charge in [0.2, 0.25) is 0 Å². The highest BCUT2D eigenvalue weighted by Gasteiger charge is 2.33. The molecule has 0 bridgehead atoms. The Bertz CT molecular complexity index is 1830. The number of furan rings is 1. The molecule has 2 aromatic heterocycles. The zero-order valence-corrected chi connectivity index (χ0v) is 22.0. The van der Waals surface area contributed by atoms with E-state index in [1.54, 1.807) is 51.1 Å². The molecule has 5 rings (SSSR count). The van der Waals surface area contributed by atoms with Crippen molar-refractivity contribution in [2.75, 3.05) is 6.61 Å². The number of thiazole rings is 1. The fourth-order valence-electron chi connectivity index (χ4n) is 4.43. The van der Waals surface area contributed by atoms with Gasteiger partial charge in [0, 0.05) is 23.3 Å². The summed E-state index contributed by atoms with van der Waals surface area (Å²) in [6.07, 6.45) is 1.56. The lowest BCUT2D eigenvalue weighted by molar-refractivity contribution is -0.385. The number of esters is 1. The smallest absolute Gasteiger partial charge is 0.338 e. The van der Waals surface area contributed by atoms with Crippen molar-refractivity contribution >= 4 is 29.1 Å². The Morgan fingerprint density at radius 1 is 1.21 bits per heavy atom. The molecule has 0 aliphatic carbocycles. The van der Waals surface area contributed by atoms with E-state index < -0.39 is 28.3 Å². The van der Waals surface area contributed by atoms with Crippen molar-refractivity contribution in [3.8, 4) is 11.3 Å². The second kappa shape index (κ2) is 10.3. The number of nitro groups is 1. The molecule has 3 heterocycles. The SMILES string of the molecule is CCOC(=O)C1=C(C)N=c2s/c(=C/c3ccc(-c4ccc(C)c([N+](=O)[O-])c4)o3)c(=O)n2[C@H]1c1ccc(F)cc1. The highest BCUT2D eigenvalue weighted by Crippen LogP contribution is 2.31. The molecule has 39 heavy (non-hydrogen) atoms. The predicted molar refractivity (Wildman–Crippen MR) is 142 cm³/mol. The molecule has 0 saturated carbocycles. The summed E-state index contributed by atoms with van der Waals surface area (Å²) in [6, 6.07) is 12.9. The fraction of sp³-hybridized carbons (Fsp3) is 0.179. The van der Waals surface area contributed by atoms with Gasteiger partial charge in [-0.2, -0.15) is 0 Å².